The van der Waals surface area contributed by atoms with Crippen molar-refractivity contribution >= 4 is 42.4 Å². The summed E-state index contributed by atoms with van der Waals surface area (Å²) < 4.78 is 5.51. The van der Waals surface area contributed by atoms with Crippen LogP contribution in [-0.4, -0.2) is 17.3 Å². The van der Waals surface area contributed by atoms with Crippen LogP contribution in [0.5, 0.6) is 5.75 Å². The van der Waals surface area contributed by atoms with Gasteiger partial charge in [0, 0.05) is 5.75 Å². The van der Waals surface area contributed by atoms with Gasteiger partial charge in [-0.05, 0) is 30.5 Å². The van der Waals surface area contributed by atoms with Crippen LogP contribution in [0.2, 0.25) is 0 Å². The molecule has 1 rings (SSSR count). The molecule has 24 heavy (non-hydrogen) atoms. The number of unbranched alkanes of at least 4 members (excludes halogenated alkanes) is 6. The van der Waals surface area contributed by atoms with Gasteiger partial charge in [-0.2, -0.15) is 12.6 Å². The van der Waals surface area contributed by atoms with Crippen LogP contribution in [-0.2, 0) is 30.5 Å². The standard InChI is InChI=1S/C17H28OS.H3O2PS2/c1-2-3-4-5-6-7-8-9-16-10-12-17(13-11-16)18-14-15-19;1-3(2,4)5/h10-13,19H,2-9,14-15H2,1H3;(H3,1,2,4,5)/p-2. The molecule has 0 spiro atoms. The van der Waals surface area contributed by atoms with Crippen LogP contribution in [0.4, 0.5) is 0 Å². The number of rotatable bonds is 11. The van der Waals surface area contributed by atoms with Crippen molar-refractivity contribution in [1.29, 1.82) is 0 Å². The molecule has 0 amide bonds. The molecule has 0 aliphatic carbocycles. The van der Waals surface area contributed by atoms with Gasteiger partial charge >= 0.3 is 0 Å². The Hall–Kier alpha value is 0.290. The third-order valence-electron chi connectivity index (χ3n) is 3.35. The van der Waals surface area contributed by atoms with E-state index in [-0.39, 0.29) is 0 Å². The van der Waals surface area contributed by atoms with Crippen molar-refractivity contribution in [3.05, 3.63) is 29.8 Å². The van der Waals surface area contributed by atoms with Gasteiger partial charge in [0.1, 0.15) is 5.75 Å². The average Bonchev–Trinajstić information content (AvgIpc) is 2.51. The van der Waals surface area contributed by atoms with Crippen LogP contribution >= 0.6 is 18.3 Å². The first kappa shape index (κ1) is 24.3. The number of benzene rings is 1. The van der Waals surface area contributed by atoms with Crippen LogP contribution in [0.15, 0.2) is 24.3 Å². The molecule has 1 aromatic rings. The van der Waals surface area contributed by atoms with Gasteiger partial charge in [0.2, 0.25) is 0 Å². The first-order chi connectivity index (χ1) is 11.4. The van der Waals surface area contributed by atoms with E-state index < -0.39 is 5.69 Å². The summed E-state index contributed by atoms with van der Waals surface area (Å²) in [6.07, 6.45) is 10.8. The Morgan fingerprint density at radius 3 is 2.12 bits per heavy atom. The zero-order valence-electron chi connectivity index (χ0n) is 14.4. The normalized spacial score (nSPS) is 12.9. The lowest BCUT2D eigenvalue weighted by Crippen LogP contribution is -1.97. The summed E-state index contributed by atoms with van der Waals surface area (Å²) in [4.78, 5) is 17.1. The first-order valence-corrected chi connectivity index (χ1v) is 12.8. The molecule has 0 radical (unpaired) electrons. The van der Waals surface area contributed by atoms with E-state index in [9.17, 15) is 4.89 Å². The minimum Gasteiger partial charge on any atom is -0.819 e. The number of aryl methyl sites for hydroxylation is 1. The monoisotopic (exact) mass is 408 g/mol. The predicted octanol–water partition coefficient (Wildman–Crippen LogP) is 4.40. The molecule has 0 saturated heterocycles. The maximum absolute atomic E-state index is 9.40. The summed E-state index contributed by atoms with van der Waals surface area (Å²) in [5.74, 6) is 1.72. The van der Waals surface area contributed by atoms with Gasteiger partial charge in [-0.3, -0.25) is 0 Å². The minimum atomic E-state index is -3.47. The minimum absolute atomic E-state index is 0.681. The summed E-state index contributed by atoms with van der Waals surface area (Å²) in [5, 5.41) is 0. The predicted molar refractivity (Wildman–Crippen MR) is 111 cm³/mol. The highest BCUT2D eigenvalue weighted by molar-refractivity contribution is 8.50. The highest BCUT2D eigenvalue weighted by Crippen LogP contribution is 2.23. The van der Waals surface area contributed by atoms with Gasteiger partial charge in [0.05, 0.1) is 6.61 Å². The topological polar surface area (TPSA) is 52.5 Å². The quantitative estimate of drug-likeness (QED) is 0.246. The Kier molecular flexibility index (Phi) is 15.7. The maximum atomic E-state index is 9.40. The van der Waals surface area contributed by atoms with E-state index >= 15 is 0 Å². The molecular weight excluding hydrogens is 379 g/mol. The van der Waals surface area contributed by atoms with Crippen LogP contribution in [0, 0.1) is 0 Å². The van der Waals surface area contributed by atoms with Crippen molar-refractivity contribution in [2.45, 2.75) is 58.3 Å². The largest absolute Gasteiger partial charge is 0.819 e. The Bertz CT molecular complexity index is 441. The fourth-order valence-corrected chi connectivity index (χ4v) is 2.29. The lowest BCUT2D eigenvalue weighted by Gasteiger charge is -2.26. The van der Waals surface area contributed by atoms with Gasteiger partial charge < -0.3 is 26.8 Å². The SMILES string of the molecule is CCCCCCCCCc1ccc(OCCS)cc1.[O-]P(O)(=S)[S-]. The highest BCUT2D eigenvalue weighted by Gasteiger charge is 1.96. The van der Waals surface area contributed by atoms with E-state index in [1.807, 2.05) is 0 Å². The second-order valence-corrected chi connectivity index (χ2v) is 10.6. The van der Waals surface area contributed by atoms with Crippen LogP contribution in [0.1, 0.15) is 57.4 Å². The van der Waals surface area contributed by atoms with Gasteiger partial charge in [0.15, 0.2) is 0 Å². The molecule has 140 valence electrons. The summed E-state index contributed by atoms with van der Waals surface area (Å²) >= 11 is 11.6. The average molecular weight is 409 g/mol. The second kappa shape index (κ2) is 15.5. The molecule has 1 atom stereocenters. The van der Waals surface area contributed by atoms with Gasteiger partial charge in [-0.25, -0.2) is 0 Å². The Labute approximate surface area is 163 Å². The Morgan fingerprint density at radius 1 is 1.12 bits per heavy atom. The summed E-state index contributed by atoms with van der Waals surface area (Å²) in [6, 6.07) is 8.51. The summed E-state index contributed by atoms with van der Waals surface area (Å²) in [7, 11) is 0. The Balaban J connectivity index is 0.000000922. The van der Waals surface area contributed by atoms with Crippen LogP contribution < -0.4 is 9.63 Å². The number of ether oxygens (including phenoxy) is 1. The molecule has 0 saturated carbocycles. The van der Waals surface area contributed by atoms with E-state index in [0.29, 0.717) is 6.61 Å². The molecule has 0 bridgehead atoms. The van der Waals surface area contributed by atoms with E-state index in [2.05, 4.69) is 67.9 Å². The van der Waals surface area contributed by atoms with Crippen molar-refractivity contribution in [3.63, 3.8) is 0 Å². The van der Waals surface area contributed by atoms with Crippen molar-refractivity contribution in [1.82, 2.24) is 0 Å². The van der Waals surface area contributed by atoms with E-state index in [4.69, 9.17) is 9.63 Å². The van der Waals surface area contributed by atoms with Gasteiger partial charge in [-0.15, -0.1) is 17.5 Å². The second-order valence-electron chi connectivity index (χ2n) is 5.56. The van der Waals surface area contributed by atoms with E-state index in [0.717, 1.165) is 11.5 Å². The molecule has 3 nitrogen and oxygen atoms in total. The van der Waals surface area contributed by atoms with E-state index in [1.54, 1.807) is 0 Å². The number of thiol groups is 1. The zero-order valence-corrected chi connectivity index (χ0v) is 17.8. The van der Waals surface area contributed by atoms with Crippen molar-refractivity contribution in [2.75, 3.05) is 12.4 Å². The third kappa shape index (κ3) is 18.6. The van der Waals surface area contributed by atoms with Gasteiger partial charge in [0.25, 0.3) is 0 Å². The van der Waals surface area contributed by atoms with Gasteiger partial charge in [-0.1, -0.05) is 57.6 Å². The molecule has 7 heteroatoms. The molecule has 0 aliphatic heterocycles. The smallest absolute Gasteiger partial charge is 0.119 e. The molecule has 1 aromatic carbocycles. The molecule has 0 aliphatic rings. The zero-order chi connectivity index (χ0) is 18.3. The Morgan fingerprint density at radius 2 is 1.62 bits per heavy atom. The molecule has 0 heterocycles. The summed E-state index contributed by atoms with van der Waals surface area (Å²) in [6.45, 7) is 2.95. The maximum Gasteiger partial charge on any atom is 0.119 e. The summed E-state index contributed by atoms with van der Waals surface area (Å²) in [5.41, 5.74) is -2.05. The molecule has 1 unspecified atom stereocenters. The molecule has 0 fully saturated rings. The van der Waals surface area contributed by atoms with Crippen molar-refractivity contribution < 1.29 is 14.5 Å². The van der Waals surface area contributed by atoms with Crippen molar-refractivity contribution in [3.8, 4) is 5.75 Å². The number of hydrogen-bond acceptors (Lipinski definition) is 5. The first-order valence-electron chi connectivity index (χ1n) is 8.44. The molecule has 0 aromatic heterocycles. The fraction of sp³-hybridized carbons (Fsp3) is 0.647. The molecular formula is C17H29O3PS3-2. The van der Waals surface area contributed by atoms with E-state index in [1.165, 1.54) is 56.9 Å². The fourth-order valence-electron chi connectivity index (χ4n) is 2.20. The lowest BCUT2D eigenvalue weighted by molar-refractivity contribution is -0.170. The number of hydrogen-bond donors (Lipinski definition) is 2. The van der Waals surface area contributed by atoms with Crippen LogP contribution in [0.3, 0.4) is 0 Å². The highest BCUT2D eigenvalue weighted by atomic mass is 32.9. The molecule has 1 N–H and O–H groups in total. The van der Waals surface area contributed by atoms with Crippen LogP contribution in [0.25, 0.3) is 0 Å². The lowest BCUT2D eigenvalue weighted by atomic mass is 10.0. The van der Waals surface area contributed by atoms with Crippen molar-refractivity contribution in [2.24, 2.45) is 0 Å². The third-order valence-corrected chi connectivity index (χ3v) is 3.53.